The van der Waals surface area contributed by atoms with E-state index in [1.807, 2.05) is 11.3 Å². The average molecular weight is 821 g/mol. The van der Waals surface area contributed by atoms with Gasteiger partial charge >= 0.3 is 0 Å². The first-order valence-corrected chi connectivity index (χ1v) is 22.3. The fraction of sp³-hybridized carbons (Fsp3) is 0. The Bertz CT molecular complexity index is 3520. The summed E-state index contributed by atoms with van der Waals surface area (Å²) in [6.07, 6.45) is 0. The number of hydrogen-bond acceptors (Lipinski definition) is 2. The molecule has 2 nitrogen and oxygen atoms in total. The normalized spacial score (nSPS) is 11.5. The number of nitrogens with zero attached hydrogens (tertiary/aromatic N) is 2. The molecule has 0 aliphatic rings. The lowest BCUT2D eigenvalue weighted by Gasteiger charge is -2.28. The van der Waals surface area contributed by atoms with Gasteiger partial charge in [0.15, 0.2) is 0 Å². The van der Waals surface area contributed by atoms with Crippen LogP contribution in [0.5, 0.6) is 0 Å². The van der Waals surface area contributed by atoms with Crippen molar-refractivity contribution in [1.29, 1.82) is 0 Å². The van der Waals surface area contributed by atoms with Crippen molar-refractivity contribution in [1.82, 2.24) is 4.57 Å². The van der Waals surface area contributed by atoms with Crippen LogP contribution in [0.2, 0.25) is 0 Å². The molecular weight excluding hydrogens is 781 g/mol. The molecule has 2 heterocycles. The quantitative estimate of drug-likeness (QED) is 0.148. The Kier molecular flexibility index (Phi) is 9.06. The molecule has 0 aliphatic heterocycles. The molecule has 296 valence electrons. The van der Waals surface area contributed by atoms with Gasteiger partial charge < -0.3 is 9.47 Å². The Morgan fingerprint density at radius 1 is 0.317 bits per heavy atom. The van der Waals surface area contributed by atoms with Gasteiger partial charge in [0, 0.05) is 53.6 Å². The van der Waals surface area contributed by atoms with Crippen molar-refractivity contribution in [3.05, 3.63) is 243 Å². The summed E-state index contributed by atoms with van der Waals surface area (Å²) in [4.78, 5) is 2.40. The van der Waals surface area contributed by atoms with E-state index in [2.05, 4.69) is 252 Å². The topological polar surface area (TPSA) is 8.17 Å². The van der Waals surface area contributed by atoms with E-state index in [9.17, 15) is 0 Å². The van der Waals surface area contributed by atoms with Crippen LogP contribution in [0.4, 0.5) is 17.1 Å². The maximum Gasteiger partial charge on any atom is 0.0547 e. The second kappa shape index (κ2) is 15.5. The van der Waals surface area contributed by atoms with Crippen LogP contribution in [0.3, 0.4) is 0 Å². The van der Waals surface area contributed by atoms with E-state index in [4.69, 9.17) is 0 Å². The lowest BCUT2D eigenvalue weighted by atomic mass is 9.94. The first-order valence-electron chi connectivity index (χ1n) is 21.5. The molecule has 0 unspecified atom stereocenters. The lowest BCUT2D eigenvalue weighted by molar-refractivity contribution is 1.19. The minimum atomic E-state index is 1.09. The minimum Gasteiger partial charge on any atom is -0.310 e. The summed E-state index contributed by atoms with van der Waals surface area (Å²) in [7, 11) is 0. The highest BCUT2D eigenvalue weighted by molar-refractivity contribution is 7.25. The zero-order valence-corrected chi connectivity index (χ0v) is 35.2. The number of fused-ring (bicyclic) bond motifs is 6. The summed E-state index contributed by atoms with van der Waals surface area (Å²) < 4.78 is 5.07. The third kappa shape index (κ3) is 6.50. The lowest BCUT2D eigenvalue weighted by Crippen LogP contribution is -2.11. The summed E-state index contributed by atoms with van der Waals surface area (Å²) in [5.74, 6) is 0. The molecule has 0 saturated heterocycles. The SMILES string of the molecule is c1ccc(-c2ccc(N(c3ccc(-c4ccccc4)cc3)c3ccccc3-c3cccc(-c4cccc5c4c4ccccc4n5-c4ccc5c(c4)sc4ccccc45)c3)cc2)cc1. The third-order valence-electron chi connectivity index (χ3n) is 12.4. The molecule has 10 aromatic carbocycles. The van der Waals surface area contributed by atoms with Gasteiger partial charge in [0.25, 0.3) is 0 Å². The number of para-hydroxylation sites is 2. The van der Waals surface area contributed by atoms with Gasteiger partial charge in [-0.3, -0.25) is 0 Å². The Morgan fingerprint density at radius 2 is 0.825 bits per heavy atom. The van der Waals surface area contributed by atoms with Crippen LogP contribution in [0.15, 0.2) is 243 Å². The molecule has 0 bridgehead atoms. The summed E-state index contributed by atoms with van der Waals surface area (Å²) in [6.45, 7) is 0. The van der Waals surface area contributed by atoms with Crippen molar-refractivity contribution in [2.75, 3.05) is 4.90 Å². The Morgan fingerprint density at radius 3 is 1.54 bits per heavy atom. The van der Waals surface area contributed by atoms with Gasteiger partial charge in [-0.25, -0.2) is 0 Å². The van der Waals surface area contributed by atoms with E-state index in [1.54, 1.807) is 0 Å². The third-order valence-corrected chi connectivity index (χ3v) is 13.5. The molecule has 0 N–H and O–H groups in total. The smallest absolute Gasteiger partial charge is 0.0547 e. The van der Waals surface area contributed by atoms with Gasteiger partial charge in [0.2, 0.25) is 0 Å². The average Bonchev–Trinajstić information content (AvgIpc) is 3.91. The van der Waals surface area contributed by atoms with Crippen LogP contribution in [-0.2, 0) is 0 Å². The molecule has 0 atom stereocenters. The summed E-state index contributed by atoms with van der Waals surface area (Å²) in [6, 6.07) is 88.3. The highest BCUT2D eigenvalue weighted by Gasteiger charge is 2.20. The first-order chi connectivity index (χ1) is 31.2. The zero-order valence-electron chi connectivity index (χ0n) is 34.4. The van der Waals surface area contributed by atoms with E-state index in [0.29, 0.717) is 0 Å². The fourth-order valence-corrected chi connectivity index (χ4v) is 10.6. The number of hydrogen-bond donors (Lipinski definition) is 0. The van der Waals surface area contributed by atoms with Gasteiger partial charge in [0.1, 0.15) is 0 Å². The van der Waals surface area contributed by atoms with Crippen molar-refractivity contribution in [2.24, 2.45) is 0 Å². The van der Waals surface area contributed by atoms with Gasteiger partial charge in [-0.05, 0) is 106 Å². The molecule has 0 spiro atoms. The van der Waals surface area contributed by atoms with Gasteiger partial charge in [-0.15, -0.1) is 11.3 Å². The number of rotatable bonds is 8. The Hall–Kier alpha value is -7.98. The highest BCUT2D eigenvalue weighted by Crippen LogP contribution is 2.45. The molecule has 2 aromatic heterocycles. The molecule has 12 aromatic rings. The van der Waals surface area contributed by atoms with E-state index in [-0.39, 0.29) is 0 Å². The predicted molar refractivity (Wildman–Crippen MR) is 270 cm³/mol. The standard InChI is InChI=1S/C60H40N2S/c1-3-15-41(16-4-1)43-29-33-47(34-30-43)61(48-35-31-44(32-36-48)42-17-5-2-6-18-42)55-25-10-7-21-50(55)45-19-13-20-46(39-45)51-24-14-27-57-60(51)54-23-8-11-26-56(54)62(57)49-37-38-53-52-22-9-12-28-58(52)63-59(53)40-49/h1-40H. The van der Waals surface area contributed by atoms with E-state index in [1.165, 1.54) is 81.0 Å². The second-order valence-electron chi connectivity index (χ2n) is 16.1. The summed E-state index contributed by atoms with van der Waals surface area (Å²) in [5, 5.41) is 5.13. The van der Waals surface area contributed by atoms with Crippen LogP contribution in [0, 0.1) is 0 Å². The molecule has 0 aliphatic carbocycles. The van der Waals surface area contributed by atoms with Crippen LogP contribution >= 0.6 is 11.3 Å². The van der Waals surface area contributed by atoms with Crippen LogP contribution < -0.4 is 4.90 Å². The van der Waals surface area contributed by atoms with Crippen molar-refractivity contribution in [3.8, 4) is 50.2 Å². The molecule has 12 rings (SSSR count). The zero-order chi connectivity index (χ0) is 41.7. The van der Waals surface area contributed by atoms with Crippen LogP contribution in [0.1, 0.15) is 0 Å². The summed E-state index contributed by atoms with van der Waals surface area (Å²) >= 11 is 1.87. The van der Waals surface area contributed by atoms with E-state index < -0.39 is 0 Å². The van der Waals surface area contributed by atoms with Gasteiger partial charge in [0.05, 0.1) is 16.7 Å². The molecule has 0 fully saturated rings. The number of thiophene rings is 1. The summed E-state index contributed by atoms with van der Waals surface area (Å²) in [5.41, 5.74) is 16.4. The van der Waals surface area contributed by atoms with Crippen molar-refractivity contribution in [3.63, 3.8) is 0 Å². The largest absolute Gasteiger partial charge is 0.310 e. The van der Waals surface area contributed by atoms with Crippen molar-refractivity contribution < 1.29 is 0 Å². The molecule has 0 amide bonds. The second-order valence-corrected chi connectivity index (χ2v) is 17.2. The van der Waals surface area contributed by atoms with Crippen LogP contribution in [0.25, 0.3) is 92.2 Å². The van der Waals surface area contributed by atoms with Gasteiger partial charge in [-0.1, -0.05) is 176 Å². The molecule has 63 heavy (non-hydrogen) atoms. The Balaban J connectivity index is 0.987. The highest BCUT2D eigenvalue weighted by atomic mass is 32.1. The van der Waals surface area contributed by atoms with Crippen LogP contribution in [-0.4, -0.2) is 4.57 Å². The minimum absolute atomic E-state index is 1.09. The maximum atomic E-state index is 2.45. The van der Waals surface area contributed by atoms with E-state index in [0.717, 1.165) is 28.2 Å². The number of benzene rings is 10. The Labute approximate surface area is 370 Å². The maximum absolute atomic E-state index is 2.45. The van der Waals surface area contributed by atoms with Crippen molar-refractivity contribution >= 4 is 70.4 Å². The van der Waals surface area contributed by atoms with Crippen molar-refractivity contribution in [2.45, 2.75) is 0 Å². The monoisotopic (exact) mass is 820 g/mol. The number of anilines is 3. The molecule has 0 saturated carbocycles. The first kappa shape index (κ1) is 36.8. The van der Waals surface area contributed by atoms with Gasteiger partial charge in [-0.2, -0.15) is 0 Å². The molecular formula is C60H40N2S. The molecule has 0 radical (unpaired) electrons. The fourth-order valence-electron chi connectivity index (χ4n) is 9.45. The number of aromatic nitrogens is 1. The van der Waals surface area contributed by atoms with E-state index >= 15 is 0 Å². The predicted octanol–water partition coefficient (Wildman–Crippen LogP) is 17.3. The molecule has 3 heteroatoms.